The third-order valence-electron chi connectivity index (χ3n) is 6.06. The fourth-order valence-corrected chi connectivity index (χ4v) is 4.22. The van der Waals surface area contributed by atoms with Crippen molar-refractivity contribution in [3.05, 3.63) is 85.8 Å². The summed E-state index contributed by atoms with van der Waals surface area (Å²) in [6.45, 7) is 3.52. The minimum Gasteiger partial charge on any atom is -0.390 e. The highest BCUT2D eigenvalue weighted by atomic mass is 19.1. The molecular weight excluding hydrogens is 427 g/mol. The Hall–Kier alpha value is -4.13. The number of aryl methyl sites for hydroxylation is 2. The van der Waals surface area contributed by atoms with Crippen molar-refractivity contribution in [2.45, 2.75) is 44.9 Å². The van der Waals surface area contributed by atoms with Crippen LogP contribution in [0.1, 0.15) is 47.2 Å². The van der Waals surface area contributed by atoms with Gasteiger partial charge in [0, 0.05) is 12.8 Å². The van der Waals surface area contributed by atoms with E-state index in [1.165, 1.54) is 17.0 Å². The Morgan fingerprint density at radius 1 is 1.24 bits per heavy atom. The standard InChI is InChI=1S/C23H19FN6O3/c1-13-3-5-15(6-4-13)23(24)8-17(9-23)30-22(32)33-18(28-30)11-29-12-26-20-19(21(29)31)14(2)7-16(10-25)27-20/h3-7,12,17H,8-9,11H2,1-2H3. The first-order valence-electron chi connectivity index (χ1n) is 10.4. The van der Waals surface area contributed by atoms with Gasteiger partial charge in [-0.25, -0.2) is 19.2 Å². The lowest BCUT2D eigenvalue weighted by atomic mass is 9.73. The maximum atomic E-state index is 15.2. The number of nitriles is 1. The van der Waals surface area contributed by atoms with Gasteiger partial charge in [-0.15, -0.1) is 5.10 Å². The average Bonchev–Trinajstić information content (AvgIpc) is 3.13. The lowest BCUT2D eigenvalue weighted by Gasteiger charge is -2.40. The van der Waals surface area contributed by atoms with E-state index in [4.69, 9.17) is 9.68 Å². The molecule has 166 valence electrons. The van der Waals surface area contributed by atoms with Gasteiger partial charge in [-0.2, -0.15) is 9.94 Å². The van der Waals surface area contributed by atoms with Gasteiger partial charge in [-0.05, 0) is 31.0 Å². The molecule has 10 heteroatoms. The summed E-state index contributed by atoms with van der Waals surface area (Å²) in [5, 5.41) is 13.5. The van der Waals surface area contributed by atoms with E-state index in [1.807, 2.05) is 25.1 Å². The minimum absolute atomic E-state index is 0.0224. The van der Waals surface area contributed by atoms with E-state index in [-0.39, 0.29) is 42.0 Å². The topological polar surface area (TPSA) is 120 Å². The lowest BCUT2D eigenvalue weighted by molar-refractivity contribution is 0.00178. The van der Waals surface area contributed by atoms with Crippen molar-refractivity contribution >= 4 is 11.0 Å². The van der Waals surface area contributed by atoms with E-state index >= 15 is 4.39 Å². The SMILES string of the molecule is Cc1ccc(C2(F)CC(n3nc(Cn4cnc5nc(C#N)cc(C)c5c4=O)oc3=O)C2)cc1. The molecule has 1 aromatic carbocycles. The van der Waals surface area contributed by atoms with Crippen molar-refractivity contribution < 1.29 is 8.81 Å². The maximum absolute atomic E-state index is 15.2. The second kappa shape index (κ2) is 7.48. The molecule has 0 aliphatic heterocycles. The number of rotatable bonds is 4. The minimum atomic E-state index is -1.51. The van der Waals surface area contributed by atoms with Gasteiger partial charge in [-0.3, -0.25) is 9.36 Å². The lowest BCUT2D eigenvalue weighted by Crippen LogP contribution is -2.41. The Morgan fingerprint density at radius 2 is 1.97 bits per heavy atom. The van der Waals surface area contributed by atoms with Gasteiger partial charge in [-0.1, -0.05) is 29.8 Å². The van der Waals surface area contributed by atoms with Gasteiger partial charge < -0.3 is 4.42 Å². The van der Waals surface area contributed by atoms with Gasteiger partial charge >= 0.3 is 5.76 Å². The van der Waals surface area contributed by atoms with Crippen LogP contribution < -0.4 is 11.3 Å². The Kier molecular flexibility index (Phi) is 4.70. The first-order chi connectivity index (χ1) is 15.8. The summed E-state index contributed by atoms with van der Waals surface area (Å²) in [7, 11) is 0. The van der Waals surface area contributed by atoms with Crippen LogP contribution in [0.4, 0.5) is 4.39 Å². The van der Waals surface area contributed by atoms with Gasteiger partial charge in [0.25, 0.3) is 5.56 Å². The molecule has 0 atom stereocenters. The largest absolute Gasteiger partial charge is 0.437 e. The number of halogens is 1. The molecule has 0 spiro atoms. The zero-order chi connectivity index (χ0) is 23.3. The monoisotopic (exact) mass is 446 g/mol. The van der Waals surface area contributed by atoms with Crippen molar-refractivity contribution in [1.29, 1.82) is 5.26 Å². The predicted octanol–water partition coefficient (Wildman–Crippen LogP) is 2.68. The van der Waals surface area contributed by atoms with E-state index in [0.29, 0.717) is 11.1 Å². The molecule has 3 aromatic heterocycles. The van der Waals surface area contributed by atoms with Crippen LogP contribution in [0, 0.1) is 25.2 Å². The molecular formula is C23H19FN6O3. The molecule has 1 saturated carbocycles. The number of benzene rings is 1. The Labute approximate surface area is 186 Å². The van der Waals surface area contributed by atoms with Crippen LogP contribution in [-0.2, 0) is 12.2 Å². The van der Waals surface area contributed by atoms with Crippen LogP contribution >= 0.6 is 0 Å². The van der Waals surface area contributed by atoms with E-state index in [1.54, 1.807) is 19.1 Å². The predicted molar refractivity (Wildman–Crippen MR) is 115 cm³/mol. The van der Waals surface area contributed by atoms with Gasteiger partial charge in [0.15, 0.2) is 5.65 Å². The van der Waals surface area contributed by atoms with Gasteiger partial charge in [0.05, 0.1) is 11.4 Å². The fraction of sp³-hybridized carbons (Fsp3) is 0.304. The molecule has 1 aliphatic rings. The summed E-state index contributed by atoms with van der Waals surface area (Å²) in [6, 6.07) is 10.3. The van der Waals surface area contributed by atoms with Gasteiger partial charge in [0.1, 0.15) is 30.3 Å². The summed E-state index contributed by atoms with van der Waals surface area (Å²) < 4.78 is 22.9. The molecule has 0 saturated heterocycles. The molecule has 5 rings (SSSR count). The van der Waals surface area contributed by atoms with Crippen molar-refractivity contribution in [1.82, 2.24) is 24.3 Å². The normalized spacial score (nSPS) is 19.9. The van der Waals surface area contributed by atoms with Crippen LogP contribution in [0.25, 0.3) is 11.0 Å². The van der Waals surface area contributed by atoms with E-state index in [9.17, 15) is 9.59 Å². The van der Waals surface area contributed by atoms with Crippen LogP contribution in [0.15, 0.2) is 50.7 Å². The first kappa shape index (κ1) is 20.8. The number of hydrogen-bond donors (Lipinski definition) is 0. The molecule has 0 bridgehead atoms. The molecule has 3 heterocycles. The van der Waals surface area contributed by atoms with Gasteiger partial charge in [0.2, 0.25) is 5.89 Å². The fourth-order valence-electron chi connectivity index (χ4n) is 4.22. The van der Waals surface area contributed by atoms with Crippen LogP contribution in [0.5, 0.6) is 0 Å². The molecule has 0 unspecified atom stereocenters. The summed E-state index contributed by atoms with van der Waals surface area (Å²) >= 11 is 0. The molecule has 33 heavy (non-hydrogen) atoms. The third-order valence-corrected chi connectivity index (χ3v) is 6.06. The average molecular weight is 446 g/mol. The molecule has 1 fully saturated rings. The van der Waals surface area contributed by atoms with E-state index < -0.39 is 23.0 Å². The summed E-state index contributed by atoms with van der Waals surface area (Å²) in [6.07, 6.45) is 1.50. The maximum Gasteiger partial charge on any atom is 0.437 e. The van der Waals surface area contributed by atoms with Crippen LogP contribution in [0.2, 0.25) is 0 Å². The van der Waals surface area contributed by atoms with E-state index in [2.05, 4.69) is 15.1 Å². The molecule has 1 aliphatic carbocycles. The third kappa shape index (κ3) is 3.51. The highest BCUT2D eigenvalue weighted by Gasteiger charge is 2.48. The number of nitrogens with zero attached hydrogens (tertiary/aromatic N) is 6. The molecule has 0 radical (unpaired) electrons. The number of aromatic nitrogens is 5. The zero-order valence-corrected chi connectivity index (χ0v) is 17.9. The quantitative estimate of drug-likeness (QED) is 0.473. The van der Waals surface area contributed by atoms with Crippen molar-refractivity contribution in [3.8, 4) is 6.07 Å². The second-order valence-corrected chi connectivity index (χ2v) is 8.41. The Balaban J connectivity index is 1.39. The van der Waals surface area contributed by atoms with Crippen LogP contribution in [0.3, 0.4) is 0 Å². The second-order valence-electron chi connectivity index (χ2n) is 8.41. The number of fused-ring (bicyclic) bond motifs is 1. The van der Waals surface area contributed by atoms with Crippen molar-refractivity contribution in [2.24, 2.45) is 0 Å². The summed E-state index contributed by atoms with van der Waals surface area (Å²) in [5.74, 6) is -0.673. The Morgan fingerprint density at radius 3 is 2.67 bits per heavy atom. The number of alkyl halides is 1. The van der Waals surface area contributed by atoms with E-state index in [0.717, 1.165) is 10.2 Å². The summed E-state index contributed by atoms with van der Waals surface area (Å²) in [5.41, 5.74) is 0.638. The smallest absolute Gasteiger partial charge is 0.390 e. The van der Waals surface area contributed by atoms with Crippen LogP contribution in [-0.4, -0.2) is 24.3 Å². The number of pyridine rings is 1. The summed E-state index contributed by atoms with van der Waals surface area (Å²) in [4.78, 5) is 33.5. The molecule has 0 N–H and O–H groups in total. The zero-order valence-electron chi connectivity index (χ0n) is 17.9. The molecule has 4 aromatic rings. The molecule has 9 nitrogen and oxygen atoms in total. The first-order valence-corrected chi connectivity index (χ1v) is 10.4. The number of hydrogen-bond acceptors (Lipinski definition) is 7. The van der Waals surface area contributed by atoms with Crippen molar-refractivity contribution in [2.75, 3.05) is 0 Å². The highest BCUT2D eigenvalue weighted by molar-refractivity contribution is 5.77. The highest BCUT2D eigenvalue weighted by Crippen LogP contribution is 2.50. The molecule has 0 amide bonds. The Bertz CT molecular complexity index is 1540. The van der Waals surface area contributed by atoms with Crippen molar-refractivity contribution in [3.63, 3.8) is 0 Å².